The molecule has 0 spiro atoms. The normalized spacial score (nSPS) is 13.7. The van der Waals surface area contributed by atoms with Gasteiger partial charge in [0.05, 0.1) is 6.04 Å². The van der Waals surface area contributed by atoms with Gasteiger partial charge in [-0.1, -0.05) is 49.8 Å². The van der Waals surface area contributed by atoms with Crippen molar-refractivity contribution in [1.29, 1.82) is 0 Å². The molecule has 4 N–H and O–H groups in total. The second-order valence-corrected chi connectivity index (χ2v) is 7.50. The van der Waals surface area contributed by atoms with Crippen LogP contribution in [-0.2, 0) is 17.6 Å². The Balaban J connectivity index is 2.25. The van der Waals surface area contributed by atoms with E-state index in [9.17, 15) is 19.8 Å². The number of hydrogen-bond acceptors (Lipinski definition) is 3. The van der Waals surface area contributed by atoms with Crippen molar-refractivity contribution in [3.63, 3.8) is 0 Å². The molecule has 2 atom stereocenters. The predicted molar refractivity (Wildman–Crippen MR) is 119 cm³/mol. The number of aliphatic hydroxyl groups excluding tert-OH is 1. The number of alkyl halides is 1. The molecule has 2 aromatic rings. The van der Waals surface area contributed by atoms with Crippen LogP contribution in [0.2, 0.25) is 0 Å². The number of carboxylic acid groups (broad SMARTS) is 1. The number of aliphatic hydroxyl groups is 1. The third-order valence-electron chi connectivity index (χ3n) is 5.03. The third-order valence-corrected chi connectivity index (χ3v) is 5.22. The van der Waals surface area contributed by atoms with Gasteiger partial charge in [0.15, 0.2) is 6.10 Å². The summed E-state index contributed by atoms with van der Waals surface area (Å²) in [6.45, 7) is 4.06. The third kappa shape index (κ3) is 6.47. The number of carbonyl (C=O) groups excluding carboxylic acids is 1. The maximum absolute atomic E-state index is 12.8. The first-order chi connectivity index (χ1) is 14.4. The van der Waals surface area contributed by atoms with Crippen molar-refractivity contribution in [2.24, 2.45) is 0 Å². The smallest absolute Gasteiger partial charge is 0.334 e. The van der Waals surface area contributed by atoms with Crippen LogP contribution < -0.4 is 5.32 Å². The number of carbonyl (C=O) groups is 2. The highest BCUT2D eigenvalue weighted by Gasteiger charge is 2.28. The van der Waals surface area contributed by atoms with Gasteiger partial charge in [0.25, 0.3) is 5.91 Å². The number of aryl methyl sites for hydroxylation is 1. The van der Waals surface area contributed by atoms with Crippen LogP contribution in [0.4, 0.5) is 0 Å². The number of allylic oxidation sites excluding steroid dienone is 1. The van der Waals surface area contributed by atoms with Crippen LogP contribution in [0.3, 0.4) is 0 Å². The van der Waals surface area contributed by atoms with E-state index in [1.54, 1.807) is 6.07 Å². The number of halogens is 1. The highest BCUT2D eigenvalue weighted by Crippen LogP contribution is 2.19. The summed E-state index contributed by atoms with van der Waals surface area (Å²) in [5.41, 5.74) is 4.16. The number of aliphatic carboxylic acids is 1. The van der Waals surface area contributed by atoms with Gasteiger partial charge in [0, 0.05) is 11.6 Å². The maximum atomic E-state index is 12.8. The fourth-order valence-corrected chi connectivity index (χ4v) is 3.50. The molecule has 0 aliphatic heterocycles. The molecule has 0 fully saturated rings. The first-order valence-corrected chi connectivity index (χ1v) is 10.7. The van der Waals surface area contributed by atoms with Crippen LogP contribution in [0.1, 0.15) is 54.0 Å². The van der Waals surface area contributed by atoms with E-state index in [1.165, 1.54) is 5.57 Å². The molecule has 6 nitrogen and oxygen atoms in total. The van der Waals surface area contributed by atoms with Crippen molar-refractivity contribution in [2.45, 2.75) is 51.7 Å². The zero-order valence-corrected chi connectivity index (χ0v) is 18.1. The number of benzene rings is 1. The Morgan fingerprint density at radius 2 is 1.93 bits per heavy atom. The van der Waals surface area contributed by atoms with Crippen LogP contribution in [0, 0.1) is 0 Å². The van der Waals surface area contributed by atoms with Crippen LogP contribution in [0.15, 0.2) is 42.0 Å². The lowest BCUT2D eigenvalue weighted by molar-refractivity contribution is -0.148. The summed E-state index contributed by atoms with van der Waals surface area (Å²) in [4.78, 5) is 27.3. The average molecular weight is 433 g/mol. The van der Waals surface area contributed by atoms with Crippen molar-refractivity contribution < 1.29 is 19.8 Å². The molecule has 1 amide bonds. The highest BCUT2D eigenvalue weighted by atomic mass is 35.5. The van der Waals surface area contributed by atoms with Crippen LogP contribution in [0.5, 0.6) is 0 Å². The molecule has 0 aliphatic carbocycles. The van der Waals surface area contributed by atoms with Crippen molar-refractivity contribution in [1.82, 2.24) is 10.3 Å². The van der Waals surface area contributed by atoms with E-state index in [-0.39, 0.29) is 6.42 Å². The minimum atomic E-state index is -1.72. The Labute approximate surface area is 182 Å². The number of hydrogen-bond donors (Lipinski definition) is 4. The molecule has 1 aromatic heterocycles. The Morgan fingerprint density at radius 1 is 1.23 bits per heavy atom. The van der Waals surface area contributed by atoms with Crippen LogP contribution >= 0.6 is 11.6 Å². The van der Waals surface area contributed by atoms with Gasteiger partial charge >= 0.3 is 5.97 Å². The summed E-state index contributed by atoms with van der Waals surface area (Å²) >= 11 is 5.86. The zero-order valence-electron chi connectivity index (χ0n) is 17.3. The van der Waals surface area contributed by atoms with Gasteiger partial charge in [-0.25, -0.2) is 4.79 Å². The number of nitrogens with one attached hydrogen (secondary N) is 2. The fraction of sp³-hybridized carbons (Fsp3) is 0.391. The van der Waals surface area contributed by atoms with Crippen molar-refractivity contribution in [3.05, 3.63) is 64.5 Å². The maximum Gasteiger partial charge on any atom is 0.334 e. The lowest BCUT2D eigenvalue weighted by Gasteiger charge is -2.21. The van der Waals surface area contributed by atoms with E-state index < -0.39 is 24.0 Å². The van der Waals surface area contributed by atoms with Gasteiger partial charge in [0.1, 0.15) is 5.69 Å². The molecule has 1 heterocycles. The molecular weight excluding hydrogens is 404 g/mol. The second kappa shape index (κ2) is 11.6. The Kier molecular flexibility index (Phi) is 9.15. The summed E-state index contributed by atoms with van der Waals surface area (Å²) < 4.78 is 0. The van der Waals surface area contributed by atoms with E-state index in [2.05, 4.69) is 17.2 Å². The van der Waals surface area contributed by atoms with Crippen molar-refractivity contribution in [2.75, 3.05) is 5.88 Å². The average Bonchev–Trinajstić information content (AvgIpc) is 3.16. The number of carboxylic acids is 1. The molecule has 162 valence electrons. The van der Waals surface area contributed by atoms with Crippen molar-refractivity contribution in [3.8, 4) is 0 Å². The standard InChI is InChI=1S/C23H29ClN2O4/c1-3-15(10-11-24)12-18-17(4-2)14-20(25-18)22(28)26-19(21(27)23(29)30)13-16-8-6-5-7-9-16/h5-9,12,14,19,21,25,27H,3-4,10-11,13H2,1-2H3,(H,26,28)(H,29,30)/b15-12-/t19?,21-/m0/s1. The second-order valence-electron chi connectivity index (χ2n) is 7.12. The molecule has 2 rings (SSSR count). The number of aromatic amines is 1. The largest absolute Gasteiger partial charge is 0.479 e. The quantitative estimate of drug-likeness (QED) is 0.405. The number of amides is 1. The van der Waals surface area contributed by atoms with Gasteiger partial charge in [0.2, 0.25) is 0 Å². The summed E-state index contributed by atoms with van der Waals surface area (Å²) in [7, 11) is 0. The van der Waals surface area contributed by atoms with Gasteiger partial charge in [-0.15, -0.1) is 11.6 Å². The van der Waals surface area contributed by atoms with E-state index >= 15 is 0 Å². The highest BCUT2D eigenvalue weighted by molar-refractivity contribution is 6.18. The van der Waals surface area contributed by atoms with E-state index in [4.69, 9.17) is 11.6 Å². The zero-order chi connectivity index (χ0) is 22.1. The Bertz CT molecular complexity index is 877. The summed E-state index contributed by atoms with van der Waals surface area (Å²) in [5.74, 6) is -1.31. The summed E-state index contributed by atoms with van der Waals surface area (Å²) in [6.07, 6.45) is 2.87. The summed E-state index contributed by atoms with van der Waals surface area (Å²) in [6, 6.07) is 9.94. The van der Waals surface area contributed by atoms with E-state index in [0.29, 0.717) is 11.6 Å². The molecule has 1 aromatic carbocycles. The van der Waals surface area contributed by atoms with Crippen LogP contribution in [0.25, 0.3) is 6.08 Å². The number of rotatable bonds is 11. The van der Waals surface area contributed by atoms with Gasteiger partial charge in [-0.2, -0.15) is 0 Å². The lowest BCUT2D eigenvalue weighted by atomic mass is 10.0. The van der Waals surface area contributed by atoms with E-state index in [1.807, 2.05) is 43.3 Å². The Morgan fingerprint density at radius 3 is 2.50 bits per heavy atom. The van der Waals surface area contributed by atoms with Gasteiger partial charge in [-0.3, -0.25) is 4.79 Å². The molecule has 0 saturated carbocycles. The molecule has 0 aliphatic rings. The minimum absolute atomic E-state index is 0.198. The van der Waals surface area contributed by atoms with Gasteiger partial charge < -0.3 is 20.5 Å². The molecule has 0 saturated heterocycles. The number of aromatic nitrogens is 1. The van der Waals surface area contributed by atoms with Crippen molar-refractivity contribution >= 4 is 29.6 Å². The molecule has 7 heteroatoms. The topological polar surface area (TPSA) is 102 Å². The van der Waals surface area contributed by atoms with E-state index in [0.717, 1.165) is 36.1 Å². The first-order valence-electron chi connectivity index (χ1n) is 10.1. The molecule has 0 bridgehead atoms. The number of H-pyrrole nitrogens is 1. The monoisotopic (exact) mass is 432 g/mol. The lowest BCUT2D eigenvalue weighted by Crippen LogP contribution is -2.48. The molecule has 1 unspecified atom stereocenters. The molecule has 0 radical (unpaired) electrons. The van der Waals surface area contributed by atoms with Crippen LogP contribution in [-0.4, -0.2) is 45.1 Å². The molecular formula is C23H29ClN2O4. The molecule has 30 heavy (non-hydrogen) atoms. The summed E-state index contributed by atoms with van der Waals surface area (Å²) in [5, 5.41) is 22.0. The minimum Gasteiger partial charge on any atom is -0.479 e. The first kappa shape index (κ1) is 23.7. The predicted octanol–water partition coefficient (Wildman–Crippen LogP) is 3.79. The Hall–Kier alpha value is -2.57. The fourth-order valence-electron chi connectivity index (χ4n) is 3.26. The van der Waals surface area contributed by atoms with Gasteiger partial charge in [-0.05, 0) is 49.0 Å². The SMILES string of the molecule is CC/C(=C/c1[nH]c(C(=O)NC(Cc2ccccc2)[C@H](O)C(=O)O)cc1CC)CCCl.